The summed E-state index contributed by atoms with van der Waals surface area (Å²) in [4.78, 5) is 23.9. The summed E-state index contributed by atoms with van der Waals surface area (Å²) in [5.74, 6) is 0.0205. The summed E-state index contributed by atoms with van der Waals surface area (Å²) in [5, 5.41) is 13.9. The highest BCUT2D eigenvalue weighted by Gasteiger charge is 2.18. The third kappa shape index (κ3) is 4.09. The minimum absolute atomic E-state index is 0.0205. The second kappa shape index (κ2) is 7.69. The summed E-state index contributed by atoms with van der Waals surface area (Å²) in [6.07, 6.45) is 0.283. The highest BCUT2D eigenvalue weighted by atomic mass is 35.5. The second-order valence-electron chi connectivity index (χ2n) is 4.14. The van der Waals surface area contributed by atoms with Gasteiger partial charge in [-0.25, -0.2) is 0 Å². The van der Waals surface area contributed by atoms with E-state index < -0.39 is 4.92 Å². The van der Waals surface area contributed by atoms with Gasteiger partial charge >= 0.3 is 5.69 Å². The molecular weight excluding hydrogens is 282 g/mol. The molecule has 6 nitrogen and oxygen atoms in total. The molecule has 110 valence electrons. The Hall–Kier alpha value is -1.82. The van der Waals surface area contributed by atoms with Gasteiger partial charge in [0.25, 0.3) is 0 Å². The number of hydrogen-bond acceptors (Lipinski definition) is 4. The van der Waals surface area contributed by atoms with E-state index in [0.717, 1.165) is 0 Å². The number of hydrogen-bond donors (Lipinski definition) is 1. The number of rotatable bonds is 7. The Morgan fingerprint density at radius 2 is 2.05 bits per heavy atom. The van der Waals surface area contributed by atoms with Crippen molar-refractivity contribution >= 4 is 28.9 Å². The van der Waals surface area contributed by atoms with Gasteiger partial charge in [-0.15, -0.1) is 0 Å². The van der Waals surface area contributed by atoms with Crippen molar-refractivity contribution in [2.24, 2.45) is 0 Å². The Balaban J connectivity index is 2.65. The van der Waals surface area contributed by atoms with Crippen LogP contribution in [0.4, 0.5) is 11.4 Å². The van der Waals surface area contributed by atoms with E-state index in [4.69, 9.17) is 11.6 Å². The minimum Gasteiger partial charge on any atom is -0.379 e. The molecular formula is C13H18ClN3O3. The molecule has 1 rings (SSSR count). The molecule has 0 saturated carbocycles. The monoisotopic (exact) mass is 299 g/mol. The van der Waals surface area contributed by atoms with Crippen LogP contribution in [0.25, 0.3) is 0 Å². The molecule has 0 fully saturated rings. The van der Waals surface area contributed by atoms with Crippen molar-refractivity contribution in [2.75, 3.05) is 25.0 Å². The SMILES string of the molecule is CCN(CC)C(=O)CCNc1cccc(Cl)c1[N+](=O)[O-]. The standard InChI is InChI=1S/C13H18ClN3O3/c1-3-16(4-2)12(18)8-9-15-11-7-5-6-10(14)13(11)17(19)20/h5-7,15H,3-4,8-9H2,1-2H3. The average molecular weight is 300 g/mol. The lowest BCUT2D eigenvalue weighted by atomic mass is 10.2. The summed E-state index contributed by atoms with van der Waals surface area (Å²) in [5.41, 5.74) is 0.166. The smallest absolute Gasteiger partial charge is 0.310 e. The zero-order valence-corrected chi connectivity index (χ0v) is 12.3. The van der Waals surface area contributed by atoms with Crippen LogP contribution >= 0.6 is 11.6 Å². The van der Waals surface area contributed by atoms with Crippen LogP contribution in [0, 0.1) is 10.1 Å². The minimum atomic E-state index is -0.531. The Bertz CT molecular complexity index is 490. The molecule has 0 aromatic heterocycles. The van der Waals surface area contributed by atoms with Crippen molar-refractivity contribution in [3.8, 4) is 0 Å². The third-order valence-electron chi connectivity index (χ3n) is 2.94. The molecule has 1 amide bonds. The van der Waals surface area contributed by atoms with Crippen molar-refractivity contribution in [1.29, 1.82) is 0 Å². The quantitative estimate of drug-likeness (QED) is 0.620. The van der Waals surface area contributed by atoms with Crippen LogP contribution in [0.1, 0.15) is 20.3 Å². The topological polar surface area (TPSA) is 75.5 Å². The van der Waals surface area contributed by atoms with E-state index >= 15 is 0 Å². The number of para-hydroxylation sites is 1. The van der Waals surface area contributed by atoms with Crippen molar-refractivity contribution in [3.05, 3.63) is 33.3 Å². The lowest BCUT2D eigenvalue weighted by molar-refractivity contribution is -0.383. The number of nitro groups is 1. The van der Waals surface area contributed by atoms with Gasteiger partial charge in [0.2, 0.25) is 5.91 Å². The van der Waals surface area contributed by atoms with Crippen LogP contribution in [0.2, 0.25) is 5.02 Å². The zero-order valence-electron chi connectivity index (χ0n) is 11.6. The van der Waals surface area contributed by atoms with Gasteiger partial charge < -0.3 is 10.2 Å². The number of amides is 1. The van der Waals surface area contributed by atoms with Crippen LogP contribution < -0.4 is 5.32 Å². The van der Waals surface area contributed by atoms with Crippen LogP contribution in [-0.2, 0) is 4.79 Å². The molecule has 0 aliphatic carbocycles. The number of anilines is 1. The predicted molar refractivity (Wildman–Crippen MR) is 79.1 cm³/mol. The van der Waals surface area contributed by atoms with E-state index in [1.807, 2.05) is 13.8 Å². The Kier molecular flexibility index (Phi) is 6.24. The molecule has 1 aromatic rings. The molecule has 1 aromatic carbocycles. The van der Waals surface area contributed by atoms with E-state index in [1.54, 1.807) is 17.0 Å². The molecule has 0 radical (unpaired) electrons. The number of nitrogens with zero attached hydrogens (tertiary/aromatic N) is 2. The van der Waals surface area contributed by atoms with Crippen LogP contribution in [-0.4, -0.2) is 35.4 Å². The maximum atomic E-state index is 11.8. The summed E-state index contributed by atoms with van der Waals surface area (Å²) < 4.78 is 0. The summed E-state index contributed by atoms with van der Waals surface area (Å²) in [6.45, 7) is 5.48. The maximum absolute atomic E-state index is 11.8. The number of halogens is 1. The first-order valence-electron chi connectivity index (χ1n) is 6.45. The first-order valence-corrected chi connectivity index (χ1v) is 6.83. The van der Waals surface area contributed by atoms with Gasteiger partial charge in [0.05, 0.1) is 4.92 Å². The van der Waals surface area contributed by atoms with Crippen molar-refractivity contribution in [1.82, 2.24) is 4.90 Å². The van der Waals surface area contributed by atoms with Gasteiger partial charge in [0, 0.05) is 26.1 Å². The van der Waals surface area contributed by atoms with E-state index in [-0.39, 0.29) is 23.0 Å². The first-order chi connectivity index (χ1) is 9.51. The van der Waals surface area contributed by atoms with Crippen molar-refractivity contribution in [3.63, 3.8) is 0 Å². The molecule has 0 aliphatic heterocycles. The molecule has 20 heavy (non-hydrogen) atoms. The fourth-order valence-electron chi connectivity index (χ4n) is 1.88. The second-order valence-corrected chi connectivity index (χ2v) is 4.54. The van der Waals surface area contributed by atoms with Gasteiger partial charge in [-0.3, -0.25) is 14.9 Å². The molecule has 7 heteroatoms. The summed E-state index contributed by atoms with van der Waals surface area (Å²) >= 11 is 5.80. The number of nitro benzene ring substituents is 1. The molecule has 0 aliphatic rings. The van der Waals surface area contributed by atoms with Gasteiger partial charge in [-0.1, -0.05) is 17.7 Å². The molecule has 0 atom stereocenters. The number of benzene rings is 1. The Morgan fingerprint density at radius 1 is 1.40 bits per heavy atom. The maximum Gasteiger partial charge on any atom is 0.310 e. The zero-order chi connectivity index (χ0) is 15.1. The summed E-state index contributed by atoms with van der Waals surface area (Å²) in [7, 11) is 0. The number of carbonyl (C=O) groups excluding carboxylic acids is 1. The molecule has 0 bridgehead atoms. The van der Waals surface area contributed by atoms with Gasteiger partial charge in [-0.2, -0.15) is 0 Å². The summed E-state index contributed by atoms with van der Waals surface area (Å²) in [6, 6.07) is 4.67. The molecule has 0 heterocycles. The molecule has 0 spiro atoms. The van der Waals surface area contributed by atoms with E-state index in [2.05, 4.69) is 5.32 Å². The first kappa shape index (κ1) is 16.2. The van der Waals surface area contributed by atoms with Crippen LogP contribution in [0.15, 0.2) is 18.2 Å². The van der Waals surface area contributed by atoms with E-state index in [1.165, 1.54) is 6.07 Å². The Morgan fingerprint density at radius 3 is 2.60 bits per heavy atom. The molecule has 0 unspecified atom stereocenters. The van der Waals surface area contributed by atoms with Gasteiger partial charge in [-0.05, 0) is 26.0 Å². The fraction of sp³-hybridized carbons (Fsp3) is 0.462. The Labute approximate surface area is 122 Å². The van der Waals surface area contributed by atoms with Crippen LogP contribution in [0.3, 0.4) is 0 Å². The van der Waals surface area contributed by atoms with E-state index in [9.17, 15) is 14.9 Å². The van der Waals surface area contributed by atoms with Gasteiger partial charge in [0.1, 0.15) is 10.7 Å². The molecule has 0 saturated heterocycles. The van der Waals surface area contributed by atoms with Crippen LogP contribution in [0.5, 0.6) is 0 Å². The fourth-order valence-corrected chi connectivity index (χ4v) is 2.13. The normalized spacial score (nSPS) is 10.2. The predicted octanol–water partition coefficient (Wildman–Crippen LogP) is 2.92. The highest BCUT2D eigenvalue weighted by Crippen LogP contribution is 2.32. The average Bonchev–Trinajstić information content (AvgIpc) is 2.39. The van der Waals surface area contributed by atoms with E-state index in [0.29, 0.717) is 25.3 Å². The van der Waals surface area contributed by atoms with Crippen molar-refractivity contribution in [2.45, 2.75) is 20.3 Å². The number of carbonyl (C=O) groups is 1. The lowest BCUT2D eigenvalue weighted by Gasteiger charge is -2.18. The highest BCUT2D eigenvalue weighted by molar-refractivity contribution is 6.33. The molecule has 1 N–H and O–H groups in total. The van der Waals surface area contributed by atoms with Crippen molar-refractivity contribution < 1.29 is 9.72 Å². The van der Waals surface area contributed by atoms with Gasteiger partial charge in [0.15, 0.2) is 0 Å². The third-order valence-corrected chi connectivity index (χ3v) is 3.24. The largest absolute Gasteiger partial charge is 0.379 e. The number of nitrogens with one attached hydrogen (secondary N) is 1. The lowest BCUT2D eigenvalue weighted by Crippen LogP contribution is -2.31.